The van der Waals surface area contributed by atoms with Crippen molar-refractivity contribution < 1.29 is 34.1 Å². The summed E-state index contributed by atoms with van der Waals surface area (Å²) in [6.45, 7) is 13.0. The highest BCUT2D eigenvalue weighted by atomic mass is 16.6. The number of aliphatic hydroxyl groups excluding tert-OH is 1. The standard InChI is InChI=1S/C34H48O7/c1-8-9-10-11-12-13-14-15-27(36)40-30-22(5)33(39)25-16-21(4)28(37)24(25)17-23(19-35)18-26(33)29-32(6,7)34(29,30)41-31(38)20(2)3/h12-16,18,20,22,24-26,29-30,35,39H,8-11,17,19H2,1-7H3. The number of Topliss-reactive ketones (excluding diaryl/α,β-unsaturated/α-hetero) is 1. The minimum atomic E-state index is -1.46. The first-order valence-electron chi connectivity index (χ1n) is 15.3. The van der Waals surface area contributed by atoms with Crippen molar-refractivity contribution in [1.82, 2.24) is 0 Å². The summed E-state index contributed by atoms with van der Waals surface area (Å²) in [7, 11) is 0. The van der Waals surface area contributed by atoms with Gasteiger partial charge in [0, 0.05) is 41.1 Å². The lowest BCUT2D eigenvalue weighted by Gasteiger charge is -2.52. The summed E-state index contributed by atoms with van der Waals surface area (Å²) in [6, 6.07) is 0. The Balaban J connectivity index is 1.75. The zero-order valence-corrected chi connectivity index (χ0v) is 25.7. The molecular formula is C34H48O7. The van der Waals surface area contributed by atoms with Crippen LogP contribution in [-0.2, 0) is 23.9 Å². The number of ether oxygens (including phenoxy) is 2. The Bertz CT molecular complexity index is 1170. The first-order valence-corrected chi connectivity index (χ1v) is 15.3. The highest BCUT2D eigenvalue weighted by molar-refractivity contribution is 6.00. The van der Waals surface area contributed by atoms with Gasteiger partial charge in [-0.2, -0.15) is 0 Å². The molecule has 0 spiro atoms. The molecule has 0 amide bonds. The Labute approximate surface area is 244 Å². The highest BCUT2D eigenvalue weighted by Gasteiger charge is 2.87. The van der Waals surface area contributed by atoms with Gasteiger partial charge in [0.2, 0.25) is 0 Å². The first-order chi connectivity index (χ1) is 19.3. The number of hydrogen-bond acceptors (Lipinski definition) is 7. The summed E-state index contributed by atoms with van der Waals surface area (Å²) in [5, 5.41) is 23.0. The number of carbonyl (C=O) groups excluding carboxylic acids is 3. The molecule has 8 unspecified atom stereocenters. The van der Waals surface area contributed by atoms with Gasteiger partial charge in [-0.15, -0.1) is 0 Å². The second-order valence-corrected chi connectivity index (χ2v) is 13.4. The molecule has 41 heavy (non-hydrogen) atoms. The number of carbonyl (C=O) groups is 3. The van der Waals surface area contributed by atoms with E-state index in [0.717, 1.165) is 25.7 Å². The SMILES string of the molecule is CCCCCC=CC=CC(=O)OC1C(C)C2(O)C3C=C(C)C(=O)C3CC(CO)=CC2C2C(C)(C)C12OC(=O)C(C)C. The molecule has 4 aliphatic rings. The zero-order chi connectivity index (χ0) is 30.3. The maximum absolute atomic E-state index is 13.2. The number of esters is 2. The van der Waals surface area contributed by atoms with Crippen LogP contribution in [0, 0.1) is 40.9 Å². The maximum Gasteiger partial charge on any atom is 0.331 e. The third-order valence-electron chi connectivity index (χ3n) is 10.3. The molecule has 226 valence electrons. The van der Waals surface area contributed by atoms with Crippen LogP contribution in [0.2, 0.25) is 0 Å². The number of allylic oxidation sites excluding steroid dienone is 4. The zero-order valence-electron chi connectivity index (χ0n) is 25.7. The molecule has 4 rings (SSSR count). The van der Waals surface area contributed by atoms with Crippen molar-refractivity contribution in [3.8, 4) is 0 Å². The second kappa shape index (κ2) is 11.6. The topological polar surface area (TPSA) is 110 Å². The second-order valence-electron chi connectivity index (χ2n) is 13.4. The summed E-state index contributed by atoms with van der Waals surface area (Å²) < 4.78 is 12.5. The molecule has 0 saturated heterocycles. The molecule has 0 heterocycles. The molecule has 7 nitrogen and oxygen atoms in total. The summed E-state index contributed by atoms with van der Waals surface area (Å²) in [5.74, 6) is -4.00. The molecule has 7 heteroatoms. The lowest BCUT2D eigenvalue weighted by atomic mass is 9.60. The van der Waals surface area contributed by atoms with Crippen LogP contribution in [0.4, 0.5) is 0 Å². The third-order valence-corrected chi connectivity index (χ3v) is 10.3. The van der Waals surface area contributed by atoms with Crippen molar-refractivity contribution in [1.29, 1.82) is 0 Å². The molecule has 2 N–H and O–H groups in total. The fourth-order valence-electron chi connectivity index (χ4n) is 8.03. The smallest absolute Gasteiger partial charge is 0.331 e. The average Bonchev–Trinajstić information content (AvgIpc) is 3.32. The fraction of sp³-hybridized carbons (Fsp3) is 0.676. The fourth-order valence-corrected chi connectivity index (χ4v) is 8.03. The summed E-state index contributed by atoms with van der Waals surface area (Å²) in [6.07, 6.45) is 14.4. The molecule has 0 aromatic heterocycles. The van der Waals surface area contributed by atoms with E-state index in [2.05, 4.69) is 6.92 Å². The van der Waals surface area contributed by atoms with Crippen molar-refractivity contribution in [3.63, 3.8) is 0 Å². The van der Waals surface area contributed by atoms with Gasteiger partial charge in [0.25, 0.3) is 0 Å². The molecule has 8 atom stereocenters. The normalized spacial score (nSPS) is 37.3. The Morgan fingerprint density at radius 3 is 2.49 bits per heavy atom. The van der Waals surface area contributed by atoms with E-state index in [1.807, 2.05) is 45.1 Å². The summed E-state index contributed by atoms with van der Waals surface area (Å²) in [4.78, 5) is 39.6. The van der Waals surface area contributed by atoms with Gasteiger partial charge >= 0.3 is 11.9 Å². The minimum absolute atomic E-state index is 0.0315. The van der Waals surface area contributed by atoms with Gasteiger partial charge in [-0.3, -0.25) is 9.59 Å². The number of fused-ring (bicyclic) bond motifs is 5. The predicted molar refractivity (Wildman–Crippen MR) is 156 cm³/mol. The van der Waals surface area contributed by atoms with Gasteiger partial charge in [-0.05, 0) is 37.3 Å². The number of hydrogen-bond donors (Lipinski definition) is 2. The molecule has 0 bridgehead atoms. The summed E-state index contributed by atoms with van der Waals surface area (Å²) in [5.41, 5.74) is -1.98. The Hall–Kier alpha value is -2.51. The molecule has 2 saturated carbocycles. The van der Waals surface area contributed by atoms with Gasteiger partial charge in [0.15, 0.2) is 11.4 Å². The maximum atomic E-state index is 13.2. The van der Waals surface area contributed by atoms with Crippen molar-refractivity contribution in [2.24, 2.45) is 40.9 Å². The number of rotatable bonds is 10. The quantitative estimate of drug-likeness (QED) is 0.122. The first kappa shape index (κ1) is 31.4. The van der Waals surface area contributed by atoms with E-state index in [9.17, 15) is 24.6 Å². The predicted octanol–water partition coefficient (Wildman–Crippen LogP) is 5.27. The number of aliphatic hydroxyl groups is 2. The molecule has 0 aromatic carbocycles. The lowest BCUT2D eigenvalue weighted by molar-refractivity contribution is -0.219. The highest BCUT2D eigenvalue weighted by Crippen LogP contribution is 2.77. The molecule has 2 fully saturated rings. The van der Waals surface area contributed by atoms with E-state index in [4.69, 9.17) is 9.47 Å². The Morgan fingerprint density at radius 1 is 1.15 bits per heavy atom. The van der Waals surface area contributed by atoms with Gasteiger partial charge in [0.1, 0.15) is 6.10 Å². The van der Waals surface area contributed by atoms with Gasteiger partial charge in [-0.1, -0.05) is 84.8 Å². The molecule has 4 aliphatic carbocycles. The number of unbranched alkanes of at least 4 members (excludes halogenated alkanes) is 3. The van der Waals surface area contributed by atoms with Crippen LogP contribution >= 0.6 is 0 Å². The third kappa shape index (κ3) is 5.07. The van der Waals surface area contributed by atoms with Crippen LogP contribution in [0.3, 0.4) is 0 Å². The van der Waals surface area contributed by atoms with E-state index in [-0.39, 0.29) is 18.3 Å². The van der Waals surface area contributed by atoms with E-state index in [1.165, 1.54) is 6.08 Å². The Kier molecular flexibility index (Phi) is 8.92. The van der Waals surface area contributed by atoms with E-state index in [0.29, 0.717) is 17.6 Å². The monoisotopic (exact) mass is 568 g/mol. The van der Waals surface area contributed by atoms with Crippen molar-refractivity contribution in [2.75, 3.05) is 6.61 Å². The van der Waals surface area contributed by atoms with E-state index in [1.54, 1.807) is 26.8 Å². The average molecular weight is 569 g/mol. The van der Waals surface area contributed by atoms with Crippen molar-refractivity contribution >= 4 is 17.7 Å². The van der Waals surface area contributed by atoms with E-state index >= 15 is 0 Å². The van der Waals surface area contributed by atoms with Gasteiger partial charge in [0.05, 0.1) is 18.1 Å². The van der Waals surface area contributed by atoms with Crippen LogP contribution < -0.4 is 0 Å². The molecule has 0 aromatic rings. The minimum Gasteiger partial charge on any atom is -0.455 e. The van der Waals surface area contributed by atoms with Crippen LogP contribution in [0.1, 0.15) is 80.6 Å². The van der Waals surface area contributed by atoms with Crippen LogP contribution in [0.5, 0.6) is 0 Å². The molecular weight excluding hydrogens is 520 g/mol. The molecule has 0 aliphatic heterocycles. The van der Waals surface area contributed by atoms with E-state index < -0.39 is 64.2 Å². The molecule has 0 radical (unpaired) electrons. The lowest BCUT2D eigenvalue weighted by Crippen LogP contribution is -2.63. The van der Waals surface area contributed by atoms with Gasteiger partial charge in [-0.25, -0.2) is 4.79 Å². The van der Waals surface area contributed by atoms with Crippen molar-refractivity contribution in [2.45, 2.75) is 97.9 Å². The van der Waals surface area contributed by atoms with Crippen LogP contribution in [-0.4, -0.2) is 51.8 Å². The van der Waals surface area contributed by atoms with Crippen LogP contribution in [0.25, 0.3) is 0 Å². The largest absolute Gasteiger partial charge is 0.455 e. The van der Waals surface area contributed by atoms with Crippen LogP contribution in [0.15, 0.2) is 47.6 Å². The summed E-state index contributed by atoms with van der Waals surface area (Å²) >= 11 is 0. The van der Waals surface area contributed by atoms with Crippen molar-refractivity contribution in [3.05, 3.63) is 47.6 Å². The van der Waals surface area contributed by atoms with Gasteiger partial charge < -0.3 is 19.7 Å². The Morgan fingerprint density at radius 2 is 1.85 bits per heavy atom. The number of ketones is 1.